The molecule has 3 fully saturated rings. The number of pyridine rings is 1. The molecule has 4 heterocycles. The van der Waals surface area contributed by atoms with E-state index in [1.165, 1.54) is 5.56 Å². The molecular formula is C23H32N6O2. The zero-order chi connectivity index (χ0) is 21.4. The van der Waals surface area contributed by atoms with Gasteiger partial charge < -0.3 is 14.4 Å². The van der Waals surface area contributed by atoms with Gasteiger partial charge in [0.25, 0.3) is 0 Å². The van der Waals surface area contributed by atoms with Gasteiger partial charge in [-0.1, -0.05) is 6.07 Å². The Morgan fingerprint density at radius 2 is 1.90 bits per heavy atom. The first-order valence-corrected chi connectivity index (χ1v) is 11.3. The largest absolute Gasteiger partial charge is 0.481 e. The Kier molecular flexibility index (Phi) is 5.77. The van der Waals surface area contributed by atoms with E-state index >= 15 is 0 Å². The molecule has 3 aliphatic rings. The van der Waals surface area contributed by atoms with Gasteiger partial charge in [-0.05, 0) is 50.5 Å². The molecule has 0 radical (unpaired) electrons. The molecule has 8 heteroatoms. The van der Waals surface area contributed by atoms with E-state index in [9.17, 15) is 0 Å². The van der Waals surface area contributed by atoms with Crippen LogP contribution in [-0.4, -0.2) is 53.4 Å². The SMILES string of the molecule is COc1ccc(C2CCC3NNC(c4cc(N5C[C@@H](C)O[C@@H](C)C5)ncn4)C3C2)cn1. The van der Waals surface area contributed by atoms with E-state index in [-0.39, 0.29) is 18.2 Å². The van der Waals surface area contributed by atoms with Crippen molar-refractivity contribution in [2.24, 2.45) is 5.92 Å². The summed E-state index contributed by atoms with van der Waals surface area (Å²) in [5.74, 6) is 2.64. The number of rotatable bonds is 4. The van der Waals surface area contributed by atoms with Gasteiger partial charge in [-0.15, -0.1) is 0 Å². The molecule has 0 spiro atoms. The maximum Gasteiger partial charge on any atom is 0.212 e. The summed E-state index contributed by atoms with van der Waals surface area (Å²) in [4.78, 5) is 16.0. The molecule has 2 aromatic heterocycles. The Bertz CT molecular complexity index is 884. The van der Waals surface area contributed by atoms with Crippen LogP contribution in [0.25, 0.3) is 0 Å². The fourth-order valence-corrected chi connectivity index (χ4v) is 5.48. The van der Waals surface area contributed by atoms with Crippen LogP contribution in [0.1, 0.15) is 56.3 Å². The van der Waals surface area contributed by atoms with Crippen LogP contribution in [-0.2, 0) is 4.74 Å². The number of nitrogens with zero attached hydrogens (tertiary/aromatic N) is 4. The molecule has 6 atom stereocenters. The first kappa shape index (κ1) is 20.6. The van der Waals surface area contributed by atoms with Gasteiger partial charge in [-0.3, -0.25) is 5.43 Å². The maximum atomic E-state index is 5.89. The lowest BCUT2D eigenvalue weighted by Crippen LogP contribution is -2.46. The minimum absolute atomic E-state index is 0.177. The predicted octanol–water partition coefficient (Wildman–Crippen LogP) is 2.60. The highest BCUT2D eigenvalue weighted by atomic mass is 16.5. The molecule has 8 nitrogen and oxygen atoms in total. The number of fused-ring (bicyclic) bond motifs is 1. The van der Waals surface area contributed by atoms with Crippen molar-refractivity contribution < 1.29 is 9.47 Å². The van der Waals surface area contributed by atoms with Gasteiger partial charge in [-0.25, -0.2) is 20.4 Å². The van der Waals surface area contributed by atoms with Crippen LogP contribution in [0.15, 0.2) is 30.7 Å². The zero-order valence-corrected chi connectivity index (χ0v) is 18.5. The quantitative estimate of drug-likeness (QED) is 0.775. The summed E-state index contributed by atoms with van der Waals surface area (Å²) >= 11 is 0. The molecular weight excluding hydrogens is 392 g/mol. The number of anilines is 1. The van der Waals surface area contributed by atoms with Gasteiger partial charge >= 0.3 is 0 Å². The third-order valence-electron chi connectivity index (χ3n) is 6.93. The first-order chi connectivity index (χ1) is 15.1. The van der Waals surface area contributed by atoms with Crippen LogP contribution in [0.4, 0.5) is 5.82 Å². The molecule has 0 amide bonds. The van der Waals surface area contributed by atoms with Crippen LogP contribution in [0, 0.1) is 5.92 Å². The summed E-state index contributed by atoms with van der Waals surface area (Å²) in [6, 6.07) is 6.92. The van der Waals surface area contributed by atoms with E-state index in [0.717, 1.165) is 43.9 Å². The lowest BCUT2D eigenvalue weighted by molar-refractivity contribution is -0.00547. The second kappa shape index (κ2) is 8.68. The van der Waals surface area contributed by atoms with Gasteiger partial charge in [0.2, 0.25) is 5.88 Å². The summed E-state index contributed by atoms with van der Waals surface area (Å²) in [5, 5.41) is 0. The fraction of sp³-hybridized carbons (Fsp3) is 0.609. The van der Waals surface area contributed by atoms with Crippen molar-refractivity contribution in [3.63, 3.8) is 0 Å². The molecule has 0 aromatic carbocycles. The van der Waals surface area contributed by atoms with Gasteiger partial charge in [-0.2, -0.15) is 0 Å². The van der Waals surface area contributed by atoms with E-state index in [2.05, 4.69) is 56.7 Å². The number of ether oxygens (including phenoxy) is 2. The molecule has 1 aliphatic carbocycles. The zero-order valence-electron chi connectivity index (χ0n) is 18.5. The highest BCUT2D eigenvalue weighted by Gasteiger charge is 2.42. The summed E-state index contributed by atoms with van der Waals surface area (Å²) in [6.45, 7) is 5.95. The van der Waals surface area contributed by atoms with Crippen molar-refractivity contribution in [1.29, 1.82) is 0 Å². The molecule has 2 aromatic rings. The van der Waals surface area contributed by atoms with Crippen molar-refractivity contribution >= 4 is 5.82 Å². The smallest absolute Gasteiger partial charge is 0.212 e. The molecule has 2 saturated heterocycles. The second-order valence-electron chi connectivity index (χ2n) is 9.14. The number of aromatic nitrogens is 3. The Balaban J connectivity index is 1.33. The van der Waals surface area contributed by atoms with Crippen LogP contribution >= 0.6 is 0 Å². The second-order valence-corrected chi connectivity index (χ2v) is 9.14. The van der Waals surface area contributed by atoms with E-state index in [1.807, 2.05) is 12.3 Å². The number of methoxy groups -OCH3 is 1. The highest BCUT2D eigenvalue weighted by Crippen LogP contribution is 2.44. The lowest BCUT2D eigenvalue weighted by atomic mass is 9.73. The Labute approximate surface area is 183 Å². The van der Waals surface area contributed by atoms with Crippen LogP contribution in [0.2, 0.25) is 0 Å². The summed E-state index contributed by atoms with van der Waals surface area (Å²) in [6.07, 6.45) is 7.49. The predicted molar refractivity (Wildman–Crippen MR) is 118 cm³/mol. The number of nitrogens with one attached hydrogen (secondary N) is 2. The van der Waals surface area contributed by atoms with Crippen molar-refractivity contribution in [3.8, 4) is 5.88 Å². The van der Waals surface area contributed by atoms with Crippen molar-refractivity contribution in [1.82, 2.24) is 25.8 Å². The average Bonchev–Trinajstić information content (AvgIpc) is 3.22. The first-order valence-electron chi connectivity index (χ1n) is 11.3. The van der Waals surface area contributed by atoms with Gasteiger partial charge in [0.1, 0.15) is 12.1 Å². The van der Waals surface area contributed by atoms with Gasteiger partial charge in [0, 0.05) is 37.5 Å². The summed E-state index contributed by atoms with van der Waals surface area (Å²) in [7, 11) is 1.65. The number of hydrogen-bond acceptors (Lipinski definition) is 8. The maximum absolute atomic E-state index is 5.89. The number of morpholine rings is 1. The molecule has 166 valence electrons. The van der Waals surface area contributed by atoms with Crippen molar-refractivity contribution in [2.45, 2.75) is 63.3 Å². The monoisotopic (exact) mass is 424 g/mol. The molecule has 0 bridgehead atoms. The topological polar surface area (TPSA) is 84.4 Å². The molecule has 4 unspecified atom stereocenters. The van der Waals surface area contributed by atoms with Crippen LogP contribution in [0.3, 0.4) is 0 Å². The fourth-order valence-electron chi connectivity index (χ4n) is 5.48. The Hall–Kier alpha value is -2.29. The minimum atomic E-state index is 0.177. The summed E-state index contributed by atoms with van der Waals surface area (Å²) < 4.78 is 11.1. The number of hydrogen-bond donors (Lipinski definition) is 2. The molecule has 2 aliphatic heterocycles. The van der Waals surface area contributed by atoms with E-state index < -0.39 is 0 Å². The van der Waals surface area contributed by atoms with Gasteiger partial charge in [0.15, 0.2) is 0 Å². The van der Waals surface area contributed by atoms with Crippen molar-refractivity contribution in [3.05, 3.63) is 42.0 Å². The van der Waals surface area contributed by atoms with Crippen LogP contribution in [0.5, 0.6) is 5.88 Å². The Morgan fingerprint density at radius 3 is 2.65 bits per heavy atom. The standard InChI is InChI=1S/C23H32N6O2/c1-14-11-29(12-15(2)31-14)21-9-20(25-13-26-21)23-18-8-16(4-6-19(18)27-28-23)17-5-7-22(30-3)24-10-17/h5,7,9-10,13-16,18-19,23,27-28H,4,6,8,11-12H2,1-3H3/t14-,15+,16?,18?,19?,23?. The van der Waals surface area contributed by atoms with E-state index in [0.29, 0.717) is 23.8 Å². The van der Waals surface area contributed by atoms with Gasteiger partial charge in [0.05, 0.1) is 31.1 Å². The molecule has 5 rings (SSSR count). The molecule has 2 N–H and O–H groups in total. The van der Waals surface area contributed by atoms with E-state index in [4.69, 9.17) is 9.47 Å². The third kappa shape index (κ3) is 4.24. The number of hydrazine groups is 1. The molecule has 31 heavy (non-hydrogen) atoms. The molecule has 1 saturated carbocycles. The summed E-state index contributed by atoms with van der Waals surface area (Å²) in [5.41, 5.74) is 9.42. The van der Waals surface area contributed by atoms with Crippen LogP contribution < -0.4 is 20.5 Å². The minimum Gasteiger partial charge on any atom is -0.481 e. The normalized spacial score (nSPS) is 33.2. The van der Waals surface area contributed by atoms with E-state index in [1.54, 1.807) is 13.4 Å². The third-order valence-corrected chi connectivity index (χ3v) is 6.93. The van der Waals surface area contributed by atoms with Crippen molar-refractivity contribution in [2.75, 3.05) is 25.1 Å². The highest BCUT2D eigenvalue weighted by molar-refractivity contribution is 5.41. The Morgan fingerprint density at radius 1 is 1.06 bits per heavy atom. The lowest BCUT2D eigenvalue weighted by Gasteiger charge is -2.36. The average molecular weight is 425 g/mol.